The zero-order valence-corrected chi connectivity index (χ0v) is 20.1. The van der Waals surface area contributed by atoms with Gasteiger partial charge in [0.2, 0.25) is 5.28 Å². The van der Waals surface area contributed by atoms with Crippen molar-refractivity contribution >= 4 is 45.8 Å². The van der Waals surface area contributed by atoms with Crippen molar-refractivity contribution in [3.05, 3.63) is 99.3 Å². The van der Waals surface area contributed by atoms with Gasteiger partial charge in [-0.3, -0.25) is 4.57 Å². The number of halogens is 3. The largest absolute Gasteiger partial charge is 0.374 e. The second kappa shape index (κ2) is 11.8. The Labute approximate surface area is 207 Å². The van der Waals surface area contributed by atoms with Crippen LogP contribution in [0, 0.1) is 0 Å². The first-order valence-electron chi connectivity index (χ1n) is 10.5. The topological polar surface area (TPSA) is 45.5 Å². The molecule has 4 aromatic rings. The summed E-state index contributed by atoms with van der Waals surface area (Å²) in [6.07, 6.45) is -0.311. The molecule has 1 aromatic heterocycles. The molecular formula is C25H23Cl3N2O3. The van der Waals surface area contributed by atoms with E-state index in [2.05, 4.69) is 4.98 Å². The summed E-state index contributed by atoms with van der Waals surface area (Å²) in [5.74, 6) is 0. The van der Waals surface area contributed by atoms with Gasteiger partial charge in [0.25, 0.3) is 0 Å². The summed E-state index contributed by atoms with van der Waals surface area (Å²) in [7, 11) is 0. The molecule has 0 aliphatic heterocycles. The molecule has 3 aromatic carbocycles. The maximum absolute atomic E-state index is 6.35. The first-order chi connectivity index (χ1) is 16.1. The Morgan fingerprint density at radius 3 is 1.88 bits per heavy atom. The Morgan fingerprint density at radius 2 is 1.30 bits per heavy atom. The normalized spacial score (nSPS) is 11.5. The molecular weight excluding hydrogens is 483 g/mol. The molecule has 0 fully saturated rings. The monoisotopic (exact) mass is 504 g/mol. The standard InChI is InChI=1S/C25H23Cl3N2O3/c26-21-11-23-24(12-22(21)27)30(25(28)29-23)17-33-20(15-31-13-18-7-3-1-4-8-18)16-32-14-19-9-5-2-6-10-19/h1-12,20H,13-17H2. The minimum Gasteiger partial charge on any atom is -0.374 e. The predicted octanol–water partition coefficient (Wildman–Crippen LogP) is 6.77. The van der Waals surface area contributed by atoms with E-state index in [9.17, 15) is 0 Å². The lowest BCUT2D eigenvalue weighted by Crippen LogP contribution is -2.27. The van der Waals surface area contributed by atoms with Gasteiger partial charge in [-0.15, -0.1) is 0 Å². The second-order valence-electron chi connectivity index (χ2n) is 7.48. The van der Waals surface area contributed by atoms with Gasteiger partial charge in [-0.2, -0.15) is 0 Å². The van der Waals surface area contributed by atoms with Crippen LogP contribution < -0.4 is 0 Å². The quantitative estimate of drug-likeness (QED) is 0.226. The Balaban J connectivity index is 1.40. The van der Waals surface area contributed by atoms with E-state index in [-0.39, 0.29) is 18.1 Å². The van der Waals surface area contributed by atoms with Gasteiger partial charge in [-0.1, -0.05) is 83.9 Å². The Kier molecular flexibility index (Phi) is 8.62. The van der Waals surface area contributed by atoms with E-state index in [0.717, 1.165) is 16.6 Å². The van der Waals surface area contributed by atoms with E-state index < -0.39 is 0 Å². The highest BCUT2D eigenvalue weighted by molar-refractivity contribution is 6.42. The Bertz CT molecular complexity index is 1120. The van der Waals surface area contributed by atoms with Crippen LogP contribution in [0.3, 0.4) is 0 Å². The lowest BCUT2D eigenvalue weighted by atomic mass is 10.2. The number of aromatic nitrogens is 2. The zero-order valence-electron chi connectivity index (χ0n) is 17.8. The minimum atomic E-state index is -0.311. The van der Waals surface area contributed by atoms with Gasteiger partial charge >= 0.3 is 0 Å². The van der Waals surface area contributed by atoms with Gasteiger partial charge in [0.15, 0.2) is 0 Å². The summed E-state index contributed by atoms with van der Waals surface area (Å²) in [6.45, 7) is 1.87. The number of imidazole rings is 1. The molecule has 8 heteroatoms. The van der Waals surface area contributed by atoms with Crippen LogP contribution in [0.25, 0.3) is 11.0 Å². The maximum atomic E-state index is 6.35. The lowest BCUT2D eigenvalue weighted by molar-refractivity contribution is -0.0865. The number of ether oxygens (including phenoxy) is 3. The van der Waals surface area contributed by atoms with E-state index >= 15 is 0 Å². The molecule has 0 bridgehead atoms. The molecule has 0 unspecified atom stereocenters. The van der Waals surface area contributed by atoms with Crippen LogP contribution in [0.2, 0.25) is 15.3 Å². The number of fused-ring (bicyclic) bond motifs is 1. The molecule has 0 aliphatic rings. The third-order valence-corrected chi connectivity index (χ3v) is 6.02. The maximum Gasteiger partial charge on any atom is 0.205 e. The number of nitrogens with zero attached hydrogens (tertiary/aromatic N) is 2. The highest BCUT2D eigenvalue weighted by Gasteiger charge is 2.16. The number of hydrogen-bond donors (Lipinski definition) is 0. The van der Waals surface area contributed by atoms with Crippen LogP contribution in [0.4, 0.5) is 0 Å². The van der Waals surface area contributed by atoms with Crippen LogP contribution in [-0.2, 0) is 34.2 Å². The van der Waals surface area contributed by atoms with Crippen LogP contribution in [0.15, 0.2) is 72.8 Å². The Morgan fingerprint density at radius 1 is 0.758 bits per heavy atom. The second-order valence-corrected chi connectivity index (χ2v) is 8.64. The first kappa shape index (κ1) is 24.0. The van der Waals surface area contributed by atoms with Crippen LogP contribution in [-0.4, -0.2) is 28.9 Å². The van der Waals surface area contributed by atoms with Crippen molar-refractivity contribution in [3.63, 3.8) is 0 Å². The fourth-order valence-corrected chi connectivity index (χ4v) is 3.85. The molecule has 0 saturated carbocycles. The summed E-state index contributed by atoms with van der Waals surface area (Å²) < 4.78 is 19.7. The van der Waals surface area contributed by atoms with Gasteiger partial charge < -0.3 is 14.2 Å². The molecule has 33 heavy (non-hydrogen) atoms. The summed E-state index contributed by atoms with van der Waals surface area (Å²) in [5, 5.41) is 1.14. The number of hydrogen-bond acceptors (Lipinski definition) is 4. The SMILES string of the molecule is Clc1cc2nc(Cl)n(COC(COCc3ccccc3)COCc3ccccc3)c2cc1Cl. The van der Waals surface area contributed by atoms with Crippen molar-refractivity contribution in [1.82, 2.24) is 9.55 Å². The number of rotatable bonds is 11. The molecule has 0 saturated heterocycles. The third-order valence-electron chi connectivity index (χ3n) is 5.01. The van der Waals surface area contributed by atoms with Crippen molar-refractivity contribution in [2.75, 3.05) is 13.2 Å². The molecule has 0 N–H and O–H groups in total. The molecule has 0 radical (unpaired) electrons. The zero-order chi connectivity index (χ0) is 23.0. The van der Waals surface area contributed by atoms with Gasteiger partial charge in [-0.05, 0) is 34.9 Å². The summed E-state index contributed by atoms with van der Waals surface area (Å²) >= 11 is 18.6. The lowest BCUT2D eigenvalue weighted by Gasteiger charge is -2.19. The van der Waals surface area contributed by atoms with Crippen molar-refractivity contribution in [2.24, 2.45) is 0 Å². The Hall–Kier alpha value is -2.12. The van der Waals surface area contributed by atoms with Crippen molar-refractivity contribution in [3.8, 4) is 0 Å². The molecule has 1 heterocycles. The van der Waals surface area contributed by atoms with Crippen LogP contribution in [0.1, 0.15) is 11.1 Å². The van der Waals surface area contributed by atoms with Crippen LogP contribution >= 0.6 is 34.8 Å². The minimum absolute atomic E-state index is 0.168. The molecule has 172 valence electrons. The smallest absolute Gasteiger partial charge is 0.205 e. The van der Waals surface area contributed by atoms with E-state index in [1.54, 1.807) is 16.7 Å². The molecule has 0 amide bonds. The fourth-order valence-electron chi connectivity index (χ4n) is 3.30. The average molecular weight is 506 g/mol. The van der Waals surface area contributed by atoms with Crippen molar-refractivity contribution < 1.29 is 14.2 Å². The molecule has 4 rings (SSSR count). The van der Waals surface area contributed by atoms with E-state index in [1.807, 2.05) is 60.7 Å². The van der Waals surface area contributed by atoms with Crippen LogP contribution in [0.5, 0.6) is 0 Å². The molecule has 0 spiro atoms. The summed E-state index contributed by atoms with van der Waals surface area (Å²) in [5.41, 5.74) is 3.58. The summed E-state index contributed by atoms with van der Waals surface area (Å²) in [4.78, 5) is 4.34. The first-order valence-corrected chi connectivity index (χ1v) is 11.6. The third kappa shape index (κ3) is 6.70. The van der Waals surface area contributed by atoms with E-state index in [1.165, 1.54) is 0 Å². The van der Waals surface area contributed by atoms with Gasteiger partial charge in [0.05, 0.1) is 47.5 Å². The van der Waals surface area contributed by atoms with Gasteiger partial charge in [0, 0.05) is 0 Å². The molecule has 0 aliphatic carbocycles. The fraction of sp³-hybridized carbons (Fsp3) is 0.240. The van der Waals surface area contributed by atoms with Gasteiger partial charge in [0.1, 0.15) is 12.8 Å². The molecule has 5 nitrogen and oxygen atoms in total. The molecule has 0 atom stereocenters. The van der Waals surface area contributed by atoms with Gasteiger partial charge in [-0.25, -0.2) is 4.98 Å². The number of benzene rings is 3. The summed E-state index contributed by atoms with van der Waals surface area (Å²) in [6, 6.07) is 23.4. The van der Waals surface area contributed by atoms with E-state index in [0.29, 0.717) is 42.0 Å². The van der Waals surface area contributed by atoms with Crippen molar-refractivity contribution in [2.45, 2.75) is 26.0 Å². The van der Waals surface area contributed by atoms with Crippen molar-refractivity contribution in [1.29, 1.82) is 0 Å². The van der Waals surface area contributed by atoms with E-state index in [4.69, 9.17) is 49.0 Å². The average Bonchev–Trinajstić information content (AvgIpc) is 3.12. The predicted molar refractivity (Wildman–Crippen MR) is 132 cm³/mol. The highest BCUT2D eigenvalue weighted by Crippen LogP contribution is 2.29. The highest BCUT2D eigenvalue weighted by atomic mass is 35.5.